The third-order valence-corrected chi connectivity index (χ3v) is 3.36. The van der Waals surface area contributed by atoms with Gasteiger partial charge in [0.2, 0.25) is 0 Å². The maximum atomic E-state index is 12.2. The molecule has 0 heterocycles. The van der Waals surface area contributed by atoms with Gasteiger partial charge in [-0.3, -0.25) is 4.79 Å². The number of nitrogens with one attached hydrogen (secondary N) is 1. The van der Waals surface area contributed by atoms with Crippen molar-refractivity contribution in [2.24, 2.45) is 0 Å². The first-order chi connectivity index (χ1) is 8.97. The number of carbonyl (C=O) groups excluding carboxylic acids is 1. The molecule has 0 saturated carbocycles. The molecule has 0 bridgehead atoms. The summed E-state index contributed by atoms with van der Waals surface area (Å²) in [6.07, 6.45) is 0. The number of benzene rings is 2. The molecule has 0 saturated heterocycles. The van der Waals surface area contributed by atoms with Crippen LogP contribution < -0.4 is 5.32 Å². The summed E-state index contributed by atoms with van der Waals surface area (Å²) in [5, 5.41) is 3.75. The number of aryl methyl sites for hydroxylation is 2. The SMILES string of the molecule is Cc1ccc(C)c(C(=O)Nc2ccc(Cl)cc2Cl)c1. The van der Waals surface area contributed by atoms with E-state index in [0.29, 0.717) is 21.3 Å². The maximum absolute atomic E-state index is 12.2. The predicted molar refractivity (Wildman–Crippen MR) is 80.3 cm³/mol. The minimum atomic E-state index is -0.176. The van der Waals surface area contributed by atoms with Crippen LogP contribution in [0.25, 0.3) is 0 Å². The van der Waals surface area contributed by atoms with E-state index in [-0.39, 0.29) is 5.91 Å². The lowest BCUT2D eigenvalue weighted by molar-refractivity contribution is 0.102. The molecule has 0 aliphatic carbocycles. The smallest absolute Gasteiger partial charge is 0.255 e. The van der Waals surface area contributed by atoms with Crippen molar-refractivity contribution in [2.75, 3.05) is 5.32 Å². The first-order valence-electron chi connectivity index (χ1n) is 5.81. The second-order valence-corrected chi connectivity index (χ2v) is 5.24. The minimum Gasteiger partial charge on any atom is -0.321 e. The molecular weight excluding hydrogens is 281 g/mol. The Labute approximate surface area is 122 Å². The summed E-state index contributed by atoms with van der Waals surface area (Å²) in [7, 11) is 0. The Morgan fingerprint density at radius 3 is 2.47 bits per heavy atom. The van der Waals surface area contributed by atoms with Crippen molar-refractivity contribution in [3.05, 3.63) is 63.1 Å². The molecule has 0 aliphatic heterocycles. The van der Waals surface area contributed by atoms with E-state index in [4.69, 9.17) is 23.2 Å². The Balaban J connectivity index is 2.28. The normalized spacial score (nSPS) is 10.3. The van der Waals surface area contributed by atoms with E-state index in [2.05, 4.69) is 5.32 Å². The van der Waals surface area contributed by atoms with E-state index in [9.17, 15) is 4.79 Å². The van der Waals surface area contributed by atoms with Gasteiger partial charge < -0.3 is 5.32 Å². The minimum absolute atomic E-state index is 0.176. The molecule has 98 valence electrons. The topological polar surface area (TPSA) is 29.1 Å². The van der Waals surface area contributed by atoms with E-state index in [1.54, 1.807) is 18.2 Å². The number of hydrogen-bond donors (Lipinski definition) is 1. The first-order valence-corrected chi connectivity index (χ1v) is 6.56. The summed E-state index contributed by atoms with van der Waals surface area (Å²) in [6, 6.07) is 10.7. The lowest BCUT2D eigenvalue weighted by atomic mass is 10.1. The van der Waals surface area contributed by atoms with Gasteiger partial charge in [0.25, 0.3) is 5.91 Å². The predicted octanol–water partition coefficient (Wildman–Crippen LogP) is 4.86. The Morgan fingerprint density at radius 1 is 1.05 bits per heavy atom. The van der Waals surface area contributed by atoms with Crippen molar-refractivity contribution in [3.8, 4) is 0 Å². The fraction of sp³-hybridized carbons (Fsp3) is 0.133. The molecule has 0 atom stereocenters. The van der Waals surface area contributed by atoms with Crippen LogP contribution in [0.2, 0.25) is 10.0 Å². The lowest BCUT2D eigenvalue weighted by Gasteiger charge is -2.10. The van der Waals surface area contributed by atoms with Gasteiger partial charge in [-0.15, -0.1) is 0 Å². The molecule has 0 radical (unpaired) electrons. The third-order valence-electron chi connectivity index (χ3n) is 2.82. The van der Waals surface area contributed by atoms with Crippen molar-refractivity contribution < 1.29 is 4.79 Å². The summed E-state index contributed by atoms with van der Waals surface area (Å²) in [5.41, 5.74) is 3.16. The van der Waals surface area contributed by atoms with Gasteiger partial charge >= 0.3 is 0 Å². The molecule has 4 heteroatoms. The number of hydrogen-bond acceptors (Lipinski definition) is 1. The lowest BCUT2D eigenvalue weighted by Crippen LogP contribution is -2.13. The van der Waals surface area contributed by atoms with Crippen LogP contribution in [-0.4, -0.2) is 5.91 Å². The first kappa shape index (κ1) is 13.9. The van der Waals surface area contributed by atoms with Crippen LogP contribution in [0.5, 0.6) is 0 Å². The molecule has 0 aliphatic rings. The van der Waals surface area contributed by atoms with E-state index in [0.717, 1.165) is 11.1 Å². The molecule has 1 N–H and O–H groups in total. The van der Waals surface area contributed by atoms with Crippen LogP contribution in [0.15, 0.2) is 36.4 Å². The second-order valence-electron chi connectivity index (χ2n) is 4.40. The van der Waals surface area contributed by atoms with Gasteiger partial charge in [0.1, 0.15) is 0 Å². The fourth-order valence-corrected chi connectivity index (χ4v) is 2.22. The van der Waals surface area contributed by atoms with Gasteiger partial charge in [0.15, 0.2) is 0 Å². The summed E-state index contributed by atoms with van der Waals surface area (Å²) < 4.78 is 0. The Morgan fingerprint density at radius 2 is 1.79 bits per heavy atom. The van der Waals surface area contributed by atoms with Crippen molar-refractivity contribution in [3.63, 3.8) is 0 Å². The number of amides is 1. The molecular formula is C15H13Cl2NO. The highest BCUT2D eigenvalue weighted by molar-refractivity contribution is 6.36. The molecule has 2 nitrogen and oxygen atoms in total. The van der Waals surface area contributed by atoms with Crippen LogP contribution >= 0.6 is 23.2 Å². The quantitative estimate of drug-likeness (QED) is 0.841. The van der Waals surface area contributed by atoms with Crippen molar-refractivity contribution >= 4 is 34.8 Å². The second kappa shape index (κ2) is 5.64. The molecule has 0 spiro atoms. The van der Waals surface area contributed by atoms with Crippen LogP contribution in [-0.2, 0) is 0 Å². The Bertz CT molecular complexity index is 638. The van der Waals surface area contributed by atoms with E-state index in [1.165, 1.54) is 0 Å². The van der Waals surface area contributed by atoms with Crippen molar-refractivity contribution in [1.82, 2.24) is 0 Å². The third kappa shape index (κ3) is 3.28. The highest BCUT2D eigenvalue weighted by Crippen LogP contribution is 2.26. The zero-order chi connectivity index (χ0) is 14.0. The number of rotatable bonds is 2. The van der Waals surface area contributed by atoms with Gasteiger partial charge in [-0.25, -0.2) is 0 Å². The van der Waals surface area contributed by atoms with Gasteiger partial charge in [-0.1, -0.05) is 40.9 Å². The number of anilines is 1. The summed E-state index contributed by atoms with van der Waals surface area (Å²) in [6.45, 7) is 3.85. The molecule has 0 aromatic heterocycles. The van der Waals surface area contributed by atoms with Gasteiger partial charge in [-0.05, 0) is 43.7 Å². The zero-order valence-corrected chi connectivity index (χ0v) is 12.1. The average molecular weight is 294 g/mol. The highest BCUT2D eigenvalue weighted by atomic mass is 35.5. The van der Waals surface area contributed by atoms with E-state index < -0.39 is 0 Å². The molecule has 2 rings (SSSR count). The molecule has 1 amide bonds. The zero-order valence-electron chi connectivity index (χ0n) is 10.6. The standard InChI is InChI=1S/C15H13Cl2NO/c1-9-3-4-10(2)12(7-9)15(19)18-14-6-5-11(16)8-13(14)17/h3-8H,1-2H3,(H,18,19). The molecule has 2 aromatic carbocycles. The average Bonchev–Trinajstić information content (AvgIpc) is 2.35. The monoisotopic (exact) mass is 293 g/mol. The van der Waals surface area contributed by atoms with Gasteiger partial charge in [0, 0.05) is 10.6 Å². The largest absolute Gasteiger partial charge is 0.321 e. The summed E-state index contributed by atoms with van der Waals surface area (Å²) >= 11 is 11.9. The summed E-state index contributed by atoms with van der Waals surface area (Å²) in [4.78, 5) is 12.2. The molecule has 0 unspecified atom stereocenters. The van der Waals surface area contributed by atoms with Crippen molar-refractivity contribution in [2.45, 2.75) is 13.8 Å². The highest BCUT2D eigenvalue weighted by Gasteiger charge is 2.11. The molecule has 19 heavy (non-hydrogen) atoms. The fourth-order valence-electron chi connectivity index (χ4n) is 1.76. The Kier molecular flexibility index (Phi) is 4.13. The number of carbonyl (C=O) groups is 1. The number of halogens is 2. The van der Waals surface area contributed by atoms with Crippen LogP contribution in [0.3, 0.4) is 0 Å². The summed E-state index contributed by atoms with van der Waals surface area (Å²) in [5.74, 6) is -0.176. The molecule has 0 fully saturated rings. The maximum Gasteiger partial charge on any atom is 0.255 e. The molecule has 2 aromatic rings. The van der Waals surface area contributed by atoms with Crippen molar-refractivity contribution in [1.29, 1.82) is 0 Å². The van der Waals surface area contributed by atoms with Crippen LogP contribution in [0.4, 0.5) is 5.69 Å². The Hall–Kier alpha value is -1.51. The van der Waals surface area contributed by atoms with E-state index >= 15 is 0 Å². The van der Waals surface area contributed by atoms with Gasteiger partial charge in [0.05, 0.1) is 10.7 Å². The van der Waals surface area contributed by atoms with Crippen LogP contribution in [0, 0.1) is 13.8 Å². The van der Waals surface area contributed by atoms with Crippen LogP contribution in [0.1, 0.15) is 21.5 Å². The van der Waals surface area contributed by atoms with Gasteiger partial charge in [-0.2, -0.15) is 0 Å². The van der Waals surface area contributed by atoms with E-state index in [1.807, 2.05) is 32.0 Å².